The van der Waals surface area contributed by atoms with Crippen LogP contribution in [0.5, 0.6) is 0 Å². The molecule has 0 aliphatic rings. The van der Waals surface area contributed by atoms with Gasteiger partial charge in [0.25, 0.3) is 0 Å². The van der Waals surface area contributed by atoms with Gasteiger partial charge >= 0.3 is 0 Å². The second-order valence-electron chi connectivity index (χ2n) is 1.92. The summed E-state index contributed by atoms with van der Waals surface area (Å²) in [5.74, 6) is 0.536. The highest BCUT2D eigenvalue weighted by atomic mass is 35.5. The van der Waals surface area contributed by atoms with Crippen LogP contribution in [-0.2, 0) is 0 Å². The van der Waals surface area contributed by atoms with Crippen molar-refractivity contribution in [1.29, 1.82) is 0 Å². The van der Waals surface area contributed by atoms with Gasteiger partial charge in [0.05, 0.1) is 6.33 Å². The molecule has 11 heavy (non-hydrogen) atoms. The van der Waals surface area contributed by atoms with Crippen molar-refractivity contribution in [3.05, 3.63) is 12.7 Å². The van der Waals surface area contributed by atoms with E-state index in [4.69, 9.17) is 11.8 Å². The Bertz CT molecular complexity index is 370. The number of rotatable bonds is 1. The van der Waals surface area contributed by atoms with E-state index in [-0.39, 0.29) is 0 Å². The van der Waals surface area contributed by atoms with E-state index in [1.165, 1.54) is 12.7 Å². The average Bonchev–Trinajstić information content (AvgIpc) is 2.50. The maximum Gasteiger partial charge on any atom is 0.182 e. The third kappa shape index (κ3) is 0.894. The lowest BCUT2D eigenvalue weighted by Crippen LogP contribution is -1.88. The highest BCUT2D eigenvalue weighted by Crippen LogP contribution is 2.14. The zero-order valence-electron chi connectivity index (χ0n) is 5.37. The van der Waals surface area contributed by atoms with Crippen LogP contribution in [0.15, 0.2) is 12.7 Å². The van der Waals surface area contributed by atoms with E-state index in [2.05, 4.69) is 24.8 Å². The number of fused-ring (bicyclic) bond motifs is 1. The standard InChI is InChI=1S/C5H4ClN5/c6-11-5-3-4(8-1-7-3)9-2-10-5/h1-2H,(H2,7,8,9,10,11). The molecule has 0 bridgehead atoms. The molecule has 2 aromatic heterocycles. The number of hydrogen-bond acceptors (Lipinski definition) is 4. The van der Waals surface area contributed by atoms with Gasteiger partial charge in [0.2, 0.25) is 0 Å². The molecule has 5 nitrogen and oxygen atoms in total. The van der Waals surface area contributed by atoms with Gasteiger partial charge in [-0.15, -0.1) is 0 Å². The van der Waals surface area contributed by atoms with Crippen LogP contribution in [0.4, 0.5) is 5.82 Å². The van der Waals surface area contributed by atoms with Gasteiger partial charge in [0, 0.05) is 11.8 Å². The number of aromatic nitrogens is 4. The van der Waals surface area contributed by atoms with E-state index in [1.54, 1.807) is 0 Å². The van der Waals surface area contributed by atoms with Gasteiger partial charge in [0.15, 0.2) is 11.5 Å². The minimum Gasteiger partial charge on any atom is -0.340 e. The molecule has 2 N–H and O–H groups in total. The smallest absolute Gasteiger partial charge is 0.182 e. The van der Waals surface area contributed by atoms with Gasteiger partial charge < -0.3 is 4.98 Å². The Morgan fingerprint density at radius 3 is 3.09 bits per heavy atom. The van der Waals surface area contributed by atoms with Crippen LogP contribution in [-0.4, -0.2) is 19.9 Å². The molecule has 0 fully saturated rings. The van der Waals surface area contributed by atoms with Gasteiger partial charge in [-0.05, 0) is 0 Å². The Kier molecular flexibility index (Phi) is 1.36. The summed E-state index contributed by atoms with van der Waals surface area (Å²) in [6, 6.07) is 0. The summed E-state index contributed by atoms with van der Waals surface area (Å²) in [7, 11) is 0. The molecule has 0 saturated carbocycles. The zero-order chi connectivity index (χ0) is 7.68. The first-order valence-electron chi connectivity index (χ1n) is 2.92. The number of imidazole rings is 1. The Labute approximate surface area is 66.9 Å². The summed E-state index contributed by atoms with van der Waals surface area (Å²) in [5.41, 5.74) is 1.31. The normalized spacial score (nSPS) is 10.3. The maximum atomic E-state index is 5.37. The summed E-state index contributed by atoms with van der Waals surface area (Å²) in [5, 5.41) is 0. The van der Waals surface area contributed by atoms with E-state index in [1.807, 2.05) is 0 Å². The summed E-state index contributed by atoms with van der Waals surface area (Å²) in [4.78, 5) is 17.0. The topological polar surface area (TPSA) is 66.5 Å². The molecule has 0 atom stereocenters. The van der Waals surface area contributed by atoms with E-state index in [0.29, 0.717) is 17.0 Å². The van der Waals surface area contributed by atoms with Crippen molar-refractivity contribution in [2.45, 2.75) is 0 Å². The Balaban J connectivity index is 2.79. The van der Waals surface area contributed by atoms with Crippen molar-refractivity contribution in [2.75, 3.05) is 4.84 Å². The van der Waals surface area contributed by atoms with Crippen LogP contribution < -0.4 is 4.84 Å². The Morgan fingerprint density at radius 2 is 2.27 bits per heavy atom. The molecule has 2 aromatic rings. The number of nitrogens with zero attached hydrogens (tertiary/aromatic N) is 3. The van der Waals surface area contributed by atoms with Gasteiger partial charge in [-0.2, -0.15) is 0 Å². The number of halogens is 1. The molecule has 0 aromatic carbocycles. The summed E-state index contributed by atoms with van der Waals surface area (Å²) in [6.07, 6.45) is 2.94. The van der Waals surface area contributed by atoms with Gasteiger partial charge in [-0.25, -0.2) is 15.0 Å². The van der Waals surface area contributed by atoms with Crippen molar-refractivity contribution >= 4 is 28.8 Å². The lowest BCUT2D eigenvalue weighted by atomic mass is 10.5. The summed E-state index contributed by atoms with van der Waals surface area (Å²) < 4.78 is 0. The molecule has 0 radical (unpaired) electrons. The quantitative estimate of drug-likeness (QED) is 0.623. The van der Waals surface area contributed by atoms with Crippen molar-refractivity contribution < 1.29 is 0 Å². The zero-order valence-corrected chi connectivity index (χ0v) is 6.13. The Hall–Kier alpha value is -1.36. The van der Waals surface area contributed by atoms with Gasteiger partial charge in [-0.1, -0.05) is 0 Å². The SMILES string of the molecule is ClNc1ncnc2nc[nH]c12. The largest absolute Gasteiger partial charge is 0.340 e. The number of H-pyrrole nitrogens is 1. The molecule has 0 spiro atoms. The van der Waals surface area contributed by atoms with Crippen molar-refractivity contribution in [1.82, 2.24) is 19.9 Å². The summed E-state index contributed by atoms with van der Waals surface area (Å²) in [6.45, 7) is 0. The summed E-state index contributed by atoms with van der Waals surface area (Å²) >= 11 is 5.37. The maximum absolute atomic E-state index is 5.37. The van der Waals surface area contributed by atoms with Crippen LogP contribution in [0, 0.1) is 0 Å². The Morgan fingerprint density at radius 1 is 1.36 bits per heavy atom. The minimum absolute atomic E-state index is 0.536. The lowest BCUT2D eigenvalue weighted by Gasteiger charge is -1.94. The molecule has 2 rings (SSSR count). The van der Waals surface area contributed by atoms with Crippen LogP contribution >= 0.6 is 11.8 Å². The van der Waals surface area contributed by atoms with Crippen molar-refractivity contribution in [2.24, 2.45) is 0 Å². The van der Waals surface area contributed by atoms with Crippen LogP contribution in [0.3, 0.4) is 0 Å². The number of nitrogens with one attached hydrogen (secondary N) is 2. The molecular weight excluding hydrogens is 166 g/mol. The molecular formula is C5H4ClN5. The molecule has 0 aliphatic heterocycles. The molecule has 6 heteroatoms. The third-order valence-electron chi connectivity index (χ3n) is 1.31. The molecule has 2 heterocycles. The molecule has 0 unspecified atom stereocenters. The molecule has 0 amide bonds. The van der Waals surface area contributed by atoms with Gasteiger partial charge in [0.1, 0.15) is 11.8 Å². The van der Waals surface area contributed by atoms with E-state index < -0.39 is 0 Å². The lowest BCUT2D eigenvalue weighted by molar-refractivity contribution is 1.21. The van der Waals surface area contributed by atoms with E-state index >= 15 is 0 Å². The third-order valence-corrected chi connectivity index (χ3v) is 1.49. The fourth-order valence-electron chi connectivity index (χ4n) is 0.837. The van der Waals surface area contributed by atoms with Crippen molar-refractivity contribution in [3.8, 4) is 0 Å². The second-order valence-corrected chi connectivity index (χ2v) is 2.11. The van der Waals surface area contributed by atoms with Crippen LogP contribution in [0.2, 0.25) is 0 Å². The number of hydrogen-bond donors (Lipinski definition) is 2. The highest BCUT2D eigenvalue weighted by molar-refractivity contribution is 6.24. The number of anilines is 1. The van der Waals surface area contributed by atoms with Crippen LogP contribution in [0.1, 0.15) is 0 Å². The first kappa shape index (κ1) is 6.36. The first-order chi connectivity index (χ1) is 5.42. The monoisotopic (exact) mass is 169 g/mol. The average molecular weight is 170 g/mol. The fraction of sp³-hybridized carbons (Fsp3) is 0. The fourth-order valence-corrected chi connectivity index (χ4v) is 0.980. The van der Waals surface area contributed by atoms with Gasteiger partial charge in [-0.3, -0.25) is 4.84 Å². The first-order valence-corrected chi connectivity index (χ1v) is 3.30. The van der Waals surface area contributed by atoms with Crippen LogP contribution in [0.25, 0.3) is 11.2 Å². The highest BCUT2D eigenvalue weighted by Gasteiger charge is 2.02. The predicted octanol–water partition coefficient (Wildman–Crippen LogP) is 0.919. The van der Waals surface area contributed by atoms with Crippen molar-refractivity contribution in [3.63, 3.8) is 0 Å². The van der Waals surface area contributed by atoms with E-state index in [9.17, 15) is 0 Å². The second kappa shape index (κ2) is 2.35. The molecule has 56 valence electrons. The minimum atomic E-state index is 0.536. The molecule has 0 saturated heterocycles. The van der Waals surface area contributed by atoms with E-state index in [0.717, 1.165) is 0 Å². The molecule has 0 aliphatic carbocycles. The number of aromatic amines is 1. The predicted molar refractivity (Wildman–Crippen MR) is 41.2 cm³/mol.